The third-order valence-electron chi connectivity index (χ3n) is 3.74. The summed E-state index contributed by atoms with van der Waals surface area (Å²) in [7, 11) is 0. The molecule has 1 aromatic carbocycles. The molecule has 2 aromatic rings. The number of hydrogen-bond acceptors (Lipinski definition) is 5. The van der Waals surface area contributed by atoms with E-state index in [-0.39, 0.29) is 17.1 Å². The van der Waals surface area contributed by atoms with E-state index >= 15 is 0 Å². The van der Waals surface area contributed by atoms with E-state index in [9.17, 15) is 33.2 Å². The van der Waals surface area contributed by atoms with Crippen LogP contribution >= 0.6 is 0 Å². The number of nitrogens with zero attached hydrogens (tertiary/aromatic N) is 1. The van der Waals surface area contributed by atoms with Crippen molar-refractivity contribution in [2.75, 3.05) is 11.9 Å². The zero-order valence-electron chi connectivity index (χ0n) is 14.0. The molecule has 146 valence electrons. The smallest absolute Gasteiger partial charge is 0.424 e. The van der Waals surface area contributed by atoms with E-state index in [1.54, 1.807) is 0 Å². The molecule has 0 fully saturated rings. The Balaban J connectivity index is 2.03. The normalized spacial score (nSPS) is 13.7. The van der Waals surface area contributed by atoms with Gasteiger partial charge in [-0.3, -0.25) is 10.1 Å². The quantitative estimate of drug-likeness (QED) is 0.518. The first kappa shape index (κ1) is 20.2. The summed E-state index contributed by atoms with van der Waals surface area (Å²) in [4.78, 5) is 22.0. The van der Waals surface area contributed by atoms with Crippen molar-refractivity contribution in [3.05, 3.63) is 58.0 Å². The number of nitrogens with one attached hydrogen (secondary N) is 2. The number of furan rings is 1. The van der Waals surface area contributed by atoms with E-state index in [4.69, 9.17) is 4.42 Å². The molecule has 0 aliphatic heterocycles. The number of rotatable bonds is 6. The van der Waals surface area contributed by atoms with Gasteiger partial charge in [-0.25, -0.2) is 4.79 Å². The van der Waals surface area contributed by atoms with Gasteiger partial charge in [-0.15, -0.1) is 0 Å². The first-order valence-electron chi connectivity index (χ1n) is 7.69. The minimum absolute atomic E-state index is 0.118. The number of para-hydroxylation sites is 2. The Labute approximate surface area is 151 Å². The van der Waals surface area contributed by atoms with Crippen molar-refractivity contribution in [1.82, 2.24) is 5.32 Å². The first-order valence-corrected chi connectivity index (χ1v) is 7.69. The second-order valence-electron chi connectivity index (χ2n) is 5.67. The Hall–Kier alpha value is -3.08. The number of halogens is 3. The Morgan fingerprint density at radius 1 is 1.26 bits per heavy atom. The van der Waals surface area contributed by atoms with E-state index < -0.39 is 41.5 Å². The zero-order valence-corrected chi connectivity index (χ0v) is 14.0. The molecule has 1 aromatic heterocycles. The lowest BCUT2D eigenvalue weighted by Gasteiger charge is -2.28. The molecule has 1 atom stereocenters. The molecule has 0 radical (unpaired) electrons. The summed E-state index contributed by atoms with van der Waals surface area (Å²) in [5.74, 6) is -0.497. The Morgan fingerprint density at radius 3 is 2.48 bits per heavy atom. The highest BCUT2D eigenvalue weighted by molar-refractivity contribution is 5.91. The number of urea groups is 1. The largest absolute Gasteiger partial charge is 0.463 e. The fraction of sp³-hybridized carbons (Fsp3) is 0.312. The lowest BCUT2D eigenvalue weighted by atomic mass is 9.96. The summed E-state index contributed by atoms with van der Waals surface area (Å²) < 4.78 is 44.8. The fourth-order valence-electron chi connectivity index (χ4n) is 2.32. The molecular formula is C16H16F3N3O5. The van der Waals surface area contributed by atoms with Crippen LogP contribution in [0.4, 0.5) is 29.3 Å². The van der Waals surface area contributed by atoms with Gasteiger partial charge in [-0.2, -0.15) is 13.2 Å². The predicted molar refractivity (Wildman–Crippen MR) is 88.1 cm³/mol. The van der Waals surface area contributed by atoms with E-state index in [1.807, 2.05) is 0 Å². The maximum absolute atomic E-state index is 13.3. The molecule has 2 rings (SSSR count). The summed E-state index contributed by atoms with van der Waals surface area (Å²) in [5, 5.41) is 25.3. The average Bonchev–Trinajstić information content (AvgIpc) is 3.01. The van der Waals surface area contributed by atoms with E-state index in [2.05, 4.69) is 10.6 Å². The number of aryl methyl sites for hydroxylation is 1. The Morgan fingerprint density at radius 2 is 1.93 bits per heavy atom. The van der Waals surface area contributed by atoms with Crippen molar-refractivity contribution >= 4 is 17.4 Å². The number of carbonyl (C=O) groups is 1. The van der Waals surface area contributed by atoms with E-state index in [0.717, 1.165) is 12.1 Å². The van der Waals surface area contributed by atoms with Gasteiger partial charge < -0.3 is 20.2 Å². The predicted octanol–water partition coefficient (Wildman–Crippen LogP) is 3.46. The molecule has 3 N–H and O–H groups in total. The van der Waals surface area contributed by atoms with Crippen molar-refractivity contribution in [3.63, 3.8) is 0 Å². The maximum Gasteiger partial charge on any atom is 0.424 e. The molecule has 0 saturated heterocycles. The second kappa shape index (κ2) is 7.66. The summed E-state index contributed by atoms with van der Waals surface area (Å²) >= 11 is 0. The van der Waals surface area contributed by atoms with Crippen LogP contribution in [0.2, 0.25) is 0 Å². The fourth-order valence-corrected chi connectivity index (χ4v) is 2.32. The van der Waals surface area contributed by atoms with E-state index in [0.29, 0.717) is 0 Å². The van der Waals surface area contributed by atoms with Gasteiger partial charge in [0.1, 0.15) is 17.2 Å². The minimum Gasteiger partial charge on any atom is -0.463 e. The first-order chi connectivity index (χ1) is 12.5. The summed E-state index contributed by atoms with van der Waals surface area (Å²) in [6.07, 6.45) is -5.94. The van der Waals surface area contributed by atoms with Crippen molar-refractivity contribution in [3.8, 4) is 0 Å². The lowest BCUT2D eigenvalue weighted by molar-refractivity contribution is -0.383. The Bertz CT molecular complexity index is 837. The number of alkyl halides is 3. The number of carbonyl (C=O) groups excluding carboxylic acids is 1. The third-order valence-corrected chi connectivity index (χ3v) is 3.74. The van der Waals surface area contributed by atoms with Crippen molar-refractivity contribution in [2.45, 2.75) is 25.1 Å². The molecule has 27 heavy (non-hydrogen) atoms. The number of hydrogen-bond donors (Lipinski definition) is 3. The van der Waals surface area contributed by atoms with Gasteiger partial charge in [0.25, 0.3) is 5.69 Å². The topological polar surface area (TPSA) is 118 Å². The number of nitro benzene ring substituents is 1. The molecule has 0 aliphatic rings. The number of anilines is 1. The second-order valence-corrected chi connectivity index (χ2v) is 5.67. The highest BCUT2D eigenvalue weighted by Crippen LogP contribution is 2.42. The summed E-state index contributed by atoms with van der Waals surface area (Å²) in [6, 6.07) is 6.62. The van der Waals surface area contributed by atoms with Gasteiger partial charge >= 0.3 is 12.2 Å². The number of amides is 2. The van der Waals surface area contributed by atoms with Crippen LogP contribution in [0.3, 0.4) is 0 Å². The number of nitro groups is 1. The van der Waals surface area contributed by atoms with Gasteiger partial charge in [0.2, 0.25) is 5.60 Å². The highest BCUT2D eigenvalue weighted by Gasteiger charge is 2.56. The van der Waals surface area contributed by atoms with Crippen LogP contribution in [-0.2, 0) is 5.60 Å². The molecule has 0 saturated carbocycles. The molecule has 1 heterocycles. The van der Waals surface area contributed by atoms with Gasteiger partial charge in [0.05, 0.1) is 4.92 Å². The van der Waals surface area contributed by atoms with Crippen molar-refractivity contribution in [1.29, 1.82) is 0 Å². The molecule has 0 spiro atoms. The molecule has 2 amide bonds. The average molecular weight is 387 g/mol. The maximum atomic E-state index is 13.3. The molecule has 0 aliphatic carbocycles. The van der Waals surface area contributed by atoms with Gasteiger partial charge in [-0.05, 0) is 25.1 Å². The minimum atomic E-state index is -5.03. The van der Waals surface area contributed by atoms with Gasteiger partial charge in [-0.1, -0.05) is 12.1 Å². The monoisotopic (exact) mass is 387 g/mol. The van der Waals surface area contributed by atoms with Crippen LogP contribution in [0.5, 0.6) is 0 Å². The van der Waals surface area contributed by atoms with Crippen molar-refractivity contribution in [2.24, 2.45) is 0 Å². The molecule has 8 nitrogen and oxygen atoms in total. The highest BCUT2D eigenvalue weighted by atomic mass is 19.4. The SMILES string of the molecule is Cc1ccc([C@](O)(CCNC(=O)Nc2ccccc2[N+](=O)[O-])C(F)(F)F)o1. The number of benzene rings is 1. The Kier molecular flexibility index (Phi) is 5.74. The zero-order chi connectivity index (χ0) is 20.2. The van der Waals surface area contributed by atoms with Crippen LogP contribution < -0.4 is 10.6 Å². The van der Waals surface area contributed by atoms with Crippen LogP contribution in [0, 0.1) is 17.0 Å². The van der Waals surface area contributed by atoms with Gasteiger partial charge in [0, 0.05) is 19.0 Å². The van der Waals surface area contributed by atoms with Crippen LogP contribution in [-0.4, -0.2) is 28.8 Å². The molecule has 11 heteroatoms. The van der Waals surface area contributed by atoms with Crippen LogP contribution in [0.15, 0.2) is 40.8 Å². The van der Waals surface area contributed by atoms with Crippen LogP contribution in [0.1, 0.15) is 17.9 Å². The molecule has 0 bridgehead atoms. The lowest BCUT2D eigenvalue weighted by Crippen LogP contribution is -2.45. The van der Waals surface area contributed by atoms with Gasteiger partial charge in [0.15, 0.2) is 0 Å². The third kappa shape index (κ3) is 4.56. The molecule has 0 unspecified atom stereocenters. The van der Waals surface area contributed by atoms with E-state index in [1.165, 1.54) is 31.2 Å². The summed E-state index contributed by atoms with van der Waals surface area (Å²) in [5.41, 5.74) is -3.77. The molecular weight excluding hydrogens is 371 g/mol. The van der Waals surface area contributed by atoms with Crippen molar-refractivity contribution < 1.29 is 32.4 Å². The van der Waals surface area contributed by atoms with Crippen LogP contribution in [0.25, 0.3) is 0 Å². The number of aliphatic hydroxyl groups is 1. The summed E-state index contributed by atoms with van der Waals surface area (Å²) in [6.45, 7) is 0.862. The standard InChI is InChI=1S/C16H16F3N3O5/c1-10-6-7-13(27-10)15(24,16(17,18)19)8-9-20-14(23)21-11-4-2-3-5-12(11)22(25)26/h2-7,24H,8-9H2,1H3,(H2,20,21,23)/t15-/m1/s1.